The first-order valence-corrected chi connectivity index (χ1v) is 8.56. The standard InChI is InChI=1S/C19H30N4.HI/c1-15(2)13-21-19(20)22-14-16-9-11-18(12-10-16)23(3)17-7-5-4-6-8-17;/h9-12,17H,1,4-8,13-14H2,2-3H3,(H3,20,21,22);1H. The molecule has 0 heterocycles. The van der Waals surface area contributed by atoms with Gasteiger partial charge in [0, 0.05) is 25.3 Å². The van der Waals surface area contributed by atoms with Crippen molar-refractivity contribution >= 4 is 35.6 Å². The number of hydrogen-bond acceptors (Lipinski definition) is 2. The number of guanidine groups is 1. The maximum atomic E-state index is 5.84. The molecule has 0 bridgehead atoms. The van der Waals surface area contributed by atoms with Crippen LogP contribution in [0.2, 0.25) is 0 Å². The van der Waals surface area contributed by atoms with Gasteiger partial charge in [-0.2, -0.15) is 0 Å². The maximum absolute atomic E-state index is 5.84. The molecule has 1 aliphatic rings. The molecule has 1 aliphatic carbocycles. The van der Waals surface area contributed by atoms with Crippen LogP contribution in [0.5, 0.6) is 0 Å². The number of benzene rings is 1. The van der Waals surface area contributed by atoms with E-state index in [0.717, 1.165) is 5.57 Å². The monoisotopic (exact) mass is 442 g/mol. The molecule has 0 spiro atoms. The van der Waals surface area contributed by atoms with Crippen LogP contribution in [0, 0.1) is 0 Å². The fraction of sp³-hybridized carbons (Fsp3) is 0.526. The zero-order chi connectivity index (χ0) is 16.7. The van der Waals surface area contributed by atoms with E-state index in [1.54, 1.807) is 0 Å². The lowest BCUT2D eigenvalue weighted by molar-refractivity contribution is 0.427. The predicted molar refractivity (Wildman–Crippen MR) is 115 cm³/mol. The smallest absolute Gasteiger partial charge is 0.189 e. The van der Waals surface area contributed by atoms with Gasteiger partial charge in [-0.15, -0.1) is 24.0 Å². The Morgan fingerprint density at radius 1 is 1.25 bits per heavy atom. The fourth-order valence-electron chi connectivity index (χ4n) is 2.99. The first-order chi connectivity index (χ1) is 11.1. The van der Waals surface area contributed by atoms with Gasteiger partial charge in [-0.3, -0.25) is 0 Å². The van der Waals surface area contributed by atoms with Crippen molar-refractivity contribution in [1.82, 2.24) is 5.32 Å². The molecule has 1 fully saturated rings. The molecule has 0 atom stereocenters. The van der Waals surface area contributed by atoms with Crippen LogP contribution in [-0.4, -0.2) is 25.6 Å². The maximum Gasteiger partial charge on any atom is 0.189 e. The van der Waals surface area contributed by atoms with E-state index >= 15 is 0 Å². The van der Waals surface area contributed by atoms with Crippen molar-refractivity contribution < 1.29 is 0 Å². The molecule has 0 radical (unpaired) electrons. The van der Waals surface area contributed by atoms with Crippen LogP contribution >= 0.6 is 24.0 Å². The van der Waals surface area contributed by atoms with Gasteiger partial charge in [-0.25, -0.2) is 4.99 Å². The summed E-state index contributed by atoms with van der Waals surface area (Å²) in [4.78, 5) is 6.78. The zero-order valence-electron chi connectivity index (χ0n) is 14.9. The molecular weight excluding hydrogens is 411 g/mol. The van der Waals surface area contributed by atoms with Crippen LogP contribution in [0.1, 0.15) is 44.6 Å². The number of anilines is 1. The number of nitrogens with two attached hydrogens (primary N) is 1. The Kier molecular flexibility index (Phi) is 9.18. The van der Waals surface area contributed by atoms with Crippen LogP contribution in [-0.2, 0) is 6.54 Å². The zero-order valence-corrected chi connectivity index (χ0v) is 17.3. The average Bonchev–Trinajstić information content (AvgIpc) is 2.58. The molecule has 1 aromatic rings. The number of hydrogen-bond donors (Lipinski definition) is 2. The van der Waals surface area contributed by atoms with Crippen LogP contribution < -0.4 is 16.0 Å². The number of aliphatic imine (C=N–C) groups is 1. The van der Waals surface area contributed by atoms with Crippen LogP contribution in [0.25, 0.3) is 0 Å². The molecule has 0 unspecified atom stereocenters. The minimum Gasteiger partial charge on any atom is -0.372 e. The van der Waals surface area contributed by atoms with Crippen molar-refractivity contribution in [2.45, 2.75) is 51.6 Å². The van der Waals surface area contributed by atoms with Gasteiger partial charge in [0.25, 0.3) is 0 Å². The highest BCUT2D eigenvalue weighted by Gasteiger charge is 2.18. The molecule has 3 N–H and O–H groups in total. The largest absolute Gasteiger partial charge is 0.372 e. The Hall–Kier alpha value is -1.24. The third-order valence-electron chi connectivity index (χ3n) is 4.47. The Morgan fingerprint density at radius 2 is 1.88 bits per heavy atom. The van der Waals surface area contributed by atoms with E-state index in [-0.39, 0.29) is 24.0 Å². The van der Waals surface area contributed by atoms with Gasteiger partial charge in [0.05, 0.1) is 6.54 Å². The van der Waals surface area contributed by atoms with Gasteiger partial charge >= 0.3 is 0 Å². The minimum absolute atomic E-state index is 0. The average molecular weight is 442 g/mol. The van der Waals surface area contributed by atoms with Crippen molar-refractivity contribution in [2.75, 3.05) is 18.5 Å². The summed E-state index contributed by atoms with van der Waals surface area (Å²) in [6, 6.07) is 9.36. The summed E-state index contributed by atoms with van der Waals surface area (Å²) in [5, 5.41) is 3.04. The molecule has 0 amide bonds. The van der Waals surface area contributed by atoms with Gasteiger partial charge in [0.15, 0.2) is 5.96 Å². The van der Waals surface area contributed by atoms with Gasteiger partial charge in [-0.1, -0.05) is 43.5 Å². The summed E-state index contributed by atoms with van der Waals surface area (Å²) in [6.07, 6.45) is 6.74. The number of rotatable bonds is 6. The quantitative estimate of drug-likeness (QED) is 0.303. The van der Waals surface area contributed by atoms with Crippen molar-refractivity contribution in [2.24, 2.45) is 10.7 Å². The molecule has 24 heavy (non-hydrogen) atoms. The Labute approximate surface area is 163 Å². The first kappa shape index (κ1) is 20.8. The Balaban J connectivity index is 0.00000288. The molecule has 0 saturated heterocycles. The fourth-order valence-corrected chi connectivity index (χ4v) is 2.99. The van der Waals surface area contributed by atoms with Crippen molar-refractivity contribution in [3.8, 4) is 0 Å². The molecule has 1 saturated carbocycles. The number of nitrogens with zero attached hydrogens (tertiary/aromatic N) is 2. The normalized spacial score (nSPS) is 15.5. The highest BCUT2D eigenvalue weighted by Crippen LogP contribution is 2.26. The van der Waals surface area contributed by atoms with E-state index in [1.165, 1.54) is 43.4 Å². The second-order valence-corrected chi connectivity index (χ2v) is 6.58. The van der Waals surface area contributed by atoms with E-state index in [1.807, 2.05) is 6.92 Å². The SMILES string of the molecule is C=C(C)CNC(N)=NCc1ccc(N(C)C2CCCCC2)cc1.I. The Bertz CT molecular complexity index is 533. The summed E-state index contributed by atoms with van der Waals surface area (Å²) < 4.78 is 0. The molecule has 4 nitrogen and oxygen atoms in total. The molecular formula is C19H31IN4. The predicted octanol–water partition coefficient (Wildman–Crippen LogP) is 4.05. The van der Waals surface area contributed by atoms with E-state index in [2.05, 4.69) is 53.1 Å². The lowest BCUT2D eigenvalue weighted by Gasteiger charge is -2.33. The minimum atomic E-state index is 0. The lowest BCUT2D eigenvalue weighted by Crippen LogP contribution is -2.33. The molecule has 2 rings (SSSR count). The van der Waals surface area contributed by atoms with E-state index in [0.29, 0.717) is 25.1 Å². The van der Waals surface area contributed by atoms with Crippen molar-refractivity contribution in [3.63, 3.8) is 0 Å². The molecule has 1 aromatic carbocycles. The van der Waals surface area contributed by atoms with E-state index < -0.39 is 0 Å². The Morgan fingerprint density at radius 3 is 2.46 bits per heavy atom. The summed E-state index contributed by atoms with van der Waals surface area (Å²) in [7, 11) is 2.21. The van der Waals surface area contributed by atoms with Crippen molar-refractivity contribution in [1.29, 1.82) is 0 Å². The third kappa shape index (κ3) is 6.71. The van der Waals surface area contributed by atoms with Crippen LogP contribution in [0.4, 0.5) is 5.69 Å². The van der Waals surface area contributed by atoms with Crippen LogP contribution in [0.15, 0.2) is 41.4 Å². The van der Waals surface area contributed by atoms with E-state index in [9.17, 15) is 0 Å². The molecule has 0 aromatic heterocycles. The summed E-state index contributed by atoms with van der Waals surface area (Å²) in [5.74, 6) is 0.469. The molecule has 0 aliphatic heterocycles. The topological polar surface area (TPSA) is 53.6 Å². The summed E-state index contributed by atoms with van der Waals surface area (Å²) >= 11 is 0. The van der Waals surface area contributed by atoms with Crippen molar-refractivity contribution in [3.05, 3.63) is 42.0 Å². The molecule has 134 valence electrons. The lowest BCUT2D eigenvalue weighted by atomic mass is 9.94. The van der Waals surface area contributed by atoms with Crippen LogP contribution in [0.3, 0.4) is 0 Å². The van der Waals surface area contributed by atoms with Gasteiger partial charge in [-0.05, 0) is 37.5 Å². The van der Waals surface area contributed by atoms with Gasteiger partial charge in [0.2, 0.25) is 0 Å². The molecule has 5 heteroatoms. The van der Waals surface area contributed by atoms with Gasteiger partial charge in [0.1, 0.15) is 0 Å². The summed E-state index contributed by atoms with van der Waals surface area (Å²) in [5.41, 5.74) is 9.34. The van der Waals surface area contributed by atoms with Gasteiger partial charge < -0.3 is 16.0 Å². The highest BCUT2D eigenvalue weighted by atomic mass is 127. The third-order valence-corrected chi connectivity index (χ3v) is 4.47. The van der Waals surface area contributed by atoms with E-state index in [4.69, 9.17) is 5.73 Å². The summed E-state index contributed by atoms with van der Waals surface area (Å²) in [6.45, 7) is 7.06. The number of halogens is 1. The highest BCUT2D eigenvalue weighted by molar-refractivity contribution is 14.0. The second kappa shape index (κ2) is 10.6. The number of nitrogens with one attached hydrogen (secondary N) is 1. The first-order valence-electron chi connectivity index (χ1n) is 8.56. The second-order valence-electron chi connectivity index (χ2n) is 6.58.